The predicted molar refractivity (Wildman–Crippen MR) is 57.8 cm³/mol. The van der Waals surface area contributed by atoms with Crippen LogP contribution >= 0.6 is 0 Å². The van der Waals surface area contributed by atoms with Crippen LogP contribution < -0.4 is 0 Å². The molecule has 0 N–H and O–H groups in total. The smallest absolute Gasteiger partial charge is 0.129 e. The van der Waals surface area contributed by atoms with E-state index < -0.39 is 0 Å². The topological polar surface area (TPSA) is 17.1 Å². The number of hydrogen-bond donors (Lipinski definition) is 0. The van der Waals surface area contributed by atoms with Crippen LogP contribution in [0.5, 0.6) is 0 Å². The fourth-order valence-corrected chi connectivity index (χ4v) is 1.49. The van der Waals surface area contributed by atoms with Gasteiger partial charge in [-0.1, -0.05) is 40.0 Å². The number of carbonyl (C=O) groups excluding carboxylic acids is 1. The minimum atomic E-state index is 0.323. The van der Waals surface area contributed by atoms with Gasteiger partial charge in [0.1, 0.15) is 5.78 Å². The van der Waals surface area contributed by atoms with E-state index in [1.54, 1.807) is 6.92 Å². The van der Waals surface area contributed by atoms with Gasteiger partial charge >= 0.3 is 0 Å². The maximum atomic E-state index is 10.8. The average Bonchev–Trinajstić information content (AvgIpc) is 2.02. The molecule has 0 aliphatic heterocycles. The third-order valence-corrected chi connectivity index (χ3v) is 2.61. The van der Waals surface area contributed by atoms with Gasteiger partial charge in [-0.2, -0.15) is 0 Å². The van der Waals surface area contributed by atoms with Crippen molar-refractivity contribution in [1.82, 2.24) is 0 Å². The fourth-order valence-electron chi connectivity index (χ4n) is 1.49. The molecule has 0 saturated carbocycles. The van der Waals surface area contributed by atoms with E-state index in [9.17, 15) is 4.79 Å². The number of Topliss-reactive ketones (excluding diaryl/α,β-unsaturated/α-hetero) is 1. The maximum absolute atomic E-state index is 10.8. The first-order valence-electron chi connectivity index (χ1n) is 5.47. The van der Waals surface area contributed by atoms with E-state index in [1.165, 1.54) is 25.7 Å². The highest BCUT2D eigenvalue weighted by atomic mass is 16.1. The van der Waals surface area contributed by atoms with Crippen molar-refractivity contribution in [3.63, 3.8) is 0 Å². The summed E-state index contributed by atoms with van der Waals surface area (Å²) in [6.07, 6.45) is 6.97. The normalized spacial score (nSPS) is 11.7. The quantitative estimate of drug-likeness (QED) is 0.547. The zero-order valence-electron chi connectivity index (χ0n) is 9.65. The number of carbonyl (C=O) groups is 1. The summed E-state index contributed by atoms with van der Waals surface area (Å²) in [5, 5.41) is 0. The third kappa shape index (κ3) is 8.01. The lowest BCUT2D eigenvalue weighted by Gasteiger charge is -2.23. The number of unbranched alkanes of at least 4 members (excludes halogenated alkanes) is 2. The third-order valence-electron chi connectivity index (χ3n) is 2.61. The number of rotatable bonds is 7. The van der Waals surface area contributed by atoms with Crippen LogP contribution in [-0.2, 0) is 4.79 Å². The molecule has 13 heavy (non-hydrogen) atoms. The Morgan fingerprint density at radius 1 is 1.15 bits per heavy atom. The van der Waals surface area contributed by atoms with Crippen LogP contribution in [0.4, 0.5) is 0 Å². The summed E-state index contributed by atoms with van der Waals surface area (Å²) in [7, 11) is 0. The molecular formula is C12H24O. The molecular weight excluding hydrogens is 160 g/mol. The summed E-state index contributed by atoms with van der Waals surface area (Å²) in [5.74, 6) is 0.323. The van der Waals surface area contributed by atoms with Crippen molar-refractivity contribution in [2.45, 2.75) is 66.2 Å². The lowest BCUT2D eigenvalue weighted by molar-refractivity contribution is -0.117. The second kappa shape index (κ2) is 6.17. The van der Waals surface area contributed by atoms with Gasteiger partial charge in [-0.25, -0.2) is 0 Å². The van der Waals surface area contributed by atoms with Crippen molar-refractivity contribution >= 4 is 5.78 Å². The highest BCUT2D eigenvalue weighted by Crippen LogP contribution is 2.29. The van der Waals surface area contributed by atoms with Gasteiger partial charge in [-0.05, 0) is 25.2 Å². The van der Waals surface area contributed by atoms with E-state index in [2.05, 4.69) is 20.8 Å². The van der Waals surface area contributed by atoms with Gasteiger partial charge in [0.25, 0.3) is 0 Å². The Hall–Kier alpha value is -0.330. The Bertz CT molecular complexity index is 147. The van der Waals surface area contributed by atoms with E-state index in [4.69, 9.17) is 0 Å². The Kier molecular flexibility index (Phi) is 6.02. The molecule has 0 aromatic rings. The molecule has 0 rings (SSSR count). The number of ketones is 1. The highest BCUT2D eigenvalue weighted by molar-refractivity contribution is 5.75. The molecule has 0 spiro atoms. The second-order valence-electron chi connectivity index (χ2n) is 4.82. The van der Waals surface area contributed by atoms with Gasteiger partial charge in [-0.3, -0.25) is 0 Å². The Labute approximate surface area is 82.9 Å². The molecule has 0 aromatic heterocycles. The first-order valence-corrected chi connectivity index (χ1v) is 5.47. The van der Waals surface area contributed by atoms with E-state index in [0.717, 1.165) is 12.8 Å². The summed E-state index contributed by atoms with van der Waals surface area (Å²) in [5.41, 5.74) is 0.362. The second-order valence-corrected chi connectivity index (χ2v) is 4.82. The largest absolute Gasteiger partial charge is 0.300 e. The SMILES string of the molecule is CCCCCC(C)(C)CCC(C)=O. The molecule has 1 heteroatoms. The molecule has 0 fully saturated rings. The van der Waals surface area contributed by atoms with E-state index >= 15 is 0 Å². The van der Waals surface area contributed by atoms with E-state index in [0.29, 0.717) is 11.2 Å². The monoisotopic (exact) mass is 184 g/mol. The molecule has 0 bridgehead atoms. The standard InChI is InChI=1S/C12H24O/c1-5-6-7-9-12(3,4)10-8-11(2)13/h5-10H2,1-4H3. The van der Waals surface area contributed by atoms with Crippen LogP contribution in [0, 0.1) is 5.41 Å². The molecule has 0 saturated heterocycles. The molecule has 0 aliphatic rings. The van der Waals surface area contributed by atoms with Crippen LogP contribution in [0.15, 0.2) is 0 Å². The predicted octanol–water partition coefficient (Wildman–Crippen LogP) is 3.96. The van der Waals surface area contributed by atoms with Crippen LogP contribution in [0.2, 0.25) is 0 Å². The summed E-state index contributed by atoms with van der Waals surface area (Å²) in [4.78, 5) is 10.8. The fraction of sp³-hybridized carbons (Fsp3) is 0.917. The van der Waals surface area contributed by atoms with Crippen molar-refractivity contribution < 1.29 is 4.79 Å². The van der Waals surface area contributed by atoms with Gasteiger partial charge in [0.2, 0.25) is 0 Å². The Balaban J connectivity index is 3.59. The van der Waals surface area contributed by atoms with Crippen molar-refractivity contribution in [2.75, 3.05) is 0 Å². The molecule has 0 aromatic carbocycles. The van der Waals surface area contributed by atoms with Gasteiger partial charge in [0.15, 0.2) is 0 Å². The van der Waals surface area contributed by atoms with Crippen LogP contribution in [0.1, 0.15) is 66.2 Å². The van der Waals surface area contributed by atoms with Crippen LogP contribution in [-0.4, -0.2) is 5.78 Å². The molecule has 0 aliphatic carbocycles. The van der Waals surface area contributed by atoms with E-state index in [1.807, 2.05) is 0 Å². The molecule has 0 amide bonds. The number of hydrogen-bond acceptors (Lipinski definition) is 1. The van der Waals surface area contributed by atoms with Crippen molar-refractivity contribution in [3.8, 4) is 0 Å². The van der Waals surface area contributed by atoms with Crippen LogP contribution in [0.3, 0.4) is 0 Å². The summed E-state index contributed by atoms with van der Waals surface area (Å²) in [6, 6.07) is 0. The first-order chi connectivity index (χ1) is 5.98. The van der Waals surface area contributed by atoms with Crippen molar-refractivity contribution in [2.24, 2.45) is 5.41 Å². The van der Waals surface area contributed by atoms with Crippen molar-refractivity contribution in [1.29, 1.82) is 0 Å². The summed E-state index contributed by atoms with van der Waals surface area (Å²) in [6.45, 7) is 8.45. The first kappa shape index (κ1) is 12.7. The summed E-state index contributed by atoms with van der Waals surface area (Å²) >= 11 is 0. The maximum Gasteiger partial charge on any atom is 0.129 e. The molecule has 78 valence electrons. The van der Waals surface area contributed by atoms with E-state index in [-0.39, 0.29) is 0 Å². The van der Waals surface area contributed by atoms with Crippen molar-refractivity contribution in [3.05, 3.63) is 0 Å². The minimum absolute atomic E-state index is 0.323. The zero-order chi connectivity index (χ0) is 10.3. The lowest BCUT2D eigenvalue weighted by Crippen LogP contribution is -2.12. The van der Waals surface area contributed by atoms with Gasteiger partial charge < -0.3 is 4.79 Å². The zero-order valence-corrected chi connectivity index (χ0v) is 9.65. The van der Waals surface area contributed by atoms with Gasteiger partial charge in [-0.15, -0.1) is 0 Å². The minimum Gasteiger partial charge on any atom is -0.300 e. The molecule has 0 unspecified atom stereocenters. The molecule has 0 atom stereocenters. The Morgan fingerprint density at radius 3 is 2.23 bits per heavy atom. The molecule has 1 nitrogen and oxygen atoms in total. The summed E-state index contributed by atoms with van der Waals surface area (Å²) < 4.78 is 0. The van der Waals surface area contributed by atoms with Gasteiger partial charge in [0.05, 0.1) is 0 Å². The van der Waals surface area contributed by atoms with Crippen LogP contribution in [0.25, 0.3) is 0 Å². The Morgan fingerprint density at radius 2 is 1.77 bits per heavy atom. The molecule has 0 heterocycles. The average molecular weight is 184 g/mol. The van der Waals surface area contributed by atoms with Gasteiger partial charge in [0, 0.05) is 6.42 Å². The lowest BCUT2D eigenvalue weighted by atomic mass is 9.82. The molecule has 0 radical (unpaired) electrons. The highest BCUT2D eigenvalue weighted by Gasteiger charge is 2.17.